The van der Waals surface area contributed by atoms with Crippen molar-refractivity contribution in [3.63, 3.8) is 0 Å². The summed E-state index contributed by atoms with van der Waals surface area (Å²) >= 11 is 0. The molecule has 18 heavy (non-hydrogen) atoms. The molecular formula is C13H18N4O. The van der Waals surface area contributed by atoms with Crippen LogP contribution in [-0.4, -0.2) is 31.2 Å². The molecule has 0 aliphatic carbocycles. The molecule has 96 valence electrons. The maximum absolute atomic E-state index is 11.6. The third kappa shape index (κ3) is 1.90. The van der Waals surface area contributed by atoms with Crippen molar-refractivity contribution in [2.45, 2.75) is 13.3 Å². The normalized spacial score (nSPS) is 22.8. The number of hydroxylamine groups is 2. The number of quaternary nitrogens is 1. The molecule has 1 atom stereocenters. The fourth-order valence-corrected chi connectivity index (χ4v) is 2.79. The fourth-order valence-electron chi connectivity index (χ4n) is 2.79. The molecule has 1 aromatic rings. The van der Waals surface area contributed by atoms with E-state index in [1.165, 1.54) is 16.7 Å². The second kappa shape index (κ2) is 4.68. The first-order valence-corrected chi connectivity index (χ1v) is 6.48. The minimum atomic E-state index is 0.359. The second-order valence-corrected chi connectivity index (χ2v) is 4.77. The fraction of sp³-hybridized carbons (Fsp3) is 0.462. The van der Waals surface area contributed by atoms with Gasteiger partial charge in [-0.25, -0.2) is 10.4 Å². The van der Waals surface area contributed by atoms with Crippen LogP contribution in [0.5, 0.6) is 0 Å². The van der Waals surface area contributed by atoms with Crippen molar-refractivity contribution in [1.82, 2.24) is 10.4 Å². The van der Waals surface area contributed by atoms with Gasteiger partial charge in [0.1, 0.15) is 6.54 Å². The molecule has 5 heteroatoms. The van der Waals surface area contributed by atoms with Crippen molar-refractivity contribution in [3.05, 3.63) is 34.7 Å². The lowest BCUT2D eigenvalue weighted by Gasteiger charge is -2.38. The molecule has 0 radical (unpaired) electrons. The summed E-state index contributed by atoms with van der Waals surface area (Å²) in [6, 6.07) is 4.08. The Labute approximate surface area is 107 Å². The summed E-state index contributed by atoms with van der Waals surface area (Å²) in [5.41, 5.74) is 7.10. The van der Waals surface area contributed by atoms with Crippen LogP contribution in [0.1, 0.15) is 18.9 Å². The highest BCUT2D eigenvalue weighted by atomic mass is 16.5. The van der Waals surface area contributed by atoms with Gasteiger partial charge in [-0.3, -0.25) is 5.01 Å². The van der Waals surface area contributed by atoms with E-state index in [2.05, 4.69) is 28.4 Å². The Hall–Kier alpha value is -1.43. The quantitative estimate of drug-likeness (QED) is 0.719. The van der Waals surface area contributed by atoms with Crippen LogP contribution in [0.2, 0.25) is 0 Å². The highest BCUT2D eigenvalue weighted by Gasteiger charge is 2.28. The molecule has 0 saturated heterocycles. The third-order valence-corrected chi connectivity index (χ3v) is 3.56. The van der Waals surface area contributed by atoms with E-state index < -0.39 is 0 Å². The lowest BCUT2D eigenvalue weighted by molar-refractivity contribution is -0.843. The lowest BCUT2D eigenvalue weighted by atomic mass is 9.91. The summed E-state index contributed by atoms with van der Waals surface area (Å²) in [4.78, 5) is 4.47. The summed E-state index contributed by atoms with van der Waals surface area (Å²) in [7, 11) is 0. The van der Waals surface area contributed by atoms with Gasteiger partial charge in [0.25, 0.3) is 0 Å². The zero-order valence-corrected chi connectivity index (χ0v) is 10.6. The number of hydrogen-bond acceptors (Lipinski definition) is 4. The second-order valence-electron chi connectivity index (χ2n) is 4.77. The molecule has 1 unspecified atom stereocenters. The topological polar surface area (TPSA) is 55.7 Å². The van der Waals surface area contributed by atoms with E-state index in [-0.39, 0.29) is 0 Å². The maximum Gasteiger partial charge on any atom is 0.150 e. The van der Waals surface area contributed by atoms with Crippen molar-refractivity contribution >= 4 is 11.4 Å². The smallest absolute Gasteiger partial charge is 0.150 e. The van der Waals surface area contributed by atoms with E-state index in [1.807, 2.05) is 12.3 Å². The Morgan fingerprint density at radius 1 is 1.56 bits per heavy atom. The summed E-state index contributed by atoms with van der Waals surface area (Å²) in [6.07, 6.45) is 2.69. The van der Waals surface area contributed by atoms with Crippen LogP contribution in [0.4, 0.5) is 5.82 Å². The van der Waals surface area contributed by atoms with Gasteiger partial charge in [0.2, 0.25) is 0 Å². The molecule has 0 fully saturated rings. The van der Waals surface area contributed by atoms with Crippen LogP contribution in [0, 0.1) is 5.21 Å². The van der Waals surface area contributed by atoms with Crippen molar-refractivity contribution in [2.75, 3.05) is 31.2 Å². The zero-order valence-electron chi connectivity index (χ0n) is 10.6. The molecule has 2 N–H and O–H groups in total. The molecule has 2 aliphatic heterocycles. The Kier molecular flexibility index (Phi) is 3.03. The molecule has 0 spiro atoms. The summed E-state index contributed by atoms with van der Waals surface area (Å²) in [5.74, 6) is 0.993. The van der Waals surface area contributed by atoms with Gasteiger partial charge in [-0.15, -0.1) is 0 Å². The predicted octanol–water partition coefficient (Wildman–Crippen LogP) is -0.0339. The Morgan fingerprint density at radius 3 is 3.28 bits per heavy atom. The van der Waals surface area contributed by atoms with Crippen LogP contribution >= 0.6 is 0 Å². The van der Waals surface area contributed by atoms with E-state index >= 15 is 0 Å². The molecule has 3 heterocycles. The van der Waals surface area contributed by atoms with Crippen LogP contribution in [0.15, 0.2) is 23.9 Å². The first-order valence-electron chi connectivity index (χ1n) is 6.48. The first-order chi connectivity index (χ1) is 8.79. The zero-order chi connectivity index (χ0) is 12.5. The van der Waals surface area contributed by atoms with Crippen molar-refractivity contribution in [1.29, 1.82) is 0 Å². The molecule has 3 rings (SSSR count). The van der Waals surface area contributed by atoms with Gasteiger partial charge in [0.05, 0.1) is 13.1 Å². The van der Waals surface area contributed by atoms with E-state index in [0.717, 1.165) is 25.3 Å². The number of fused-ring (bicyclic) bond motifs is 2. The van der Waals surface area contributed by atoms with Crippen LogP contribution in [-0.2, 0) is 0 Å². The monoisotopic (exact) mass is 246 g/mol. The van der Waals surface area contributed by atoms with Crippen molar-refractivity contribution in [2.24, 2.45) is 0 Å². The number of hydrogen-bond donors (Lipinski definition) is 2. The predicted molar refractivity (Wildman–Crippen MR) is 70.9 cm³/mol. The number of pyridine rings is 1. The molecule has 5 nitrogen and oxygen atoms in total. The molecule has 0 saturated carbocycles. The van der Waals surface area contributed by atoms with Gasteiger partial charge in [0, 0.05) is 30.3 Å². The summed E-state index contributed by atoms with van der Waals surface area (Å²) in [5, 5.41) is 14.0. The Balaban J connectivity index is 2.03. The number of nitrogens with zero attached hydrogens (tertiary/aromatic N) is 2. The minimum absolute atomic E-state index is 0.359. The first kappa shape index (κ1) is 11.6. The summed E-state index contributed by atoms with van der Waals surface area (Å²) in [6.45, 7) is 4.98. The van der Waals surface area contributed by atoms with Crippen molar-refractivity contribution in [3.8, 4) is 0 Å². The Morgan fingerprint density at radius 2 is 2.44 bits per heavy atom. The van der Waals surface area contributed by atoms with Gasteiger partial charge in [-0.1, -0.05) is 6.92 Å². The number of hydrazine groups is 1. The number of nitrogens with one attached hydrogen (secondary N) is 2. The number of aromatic nitrogens is 1. The lowest BCUT2D eigenvalue weighted by Crippen LogP contribution is -3.08. The molecule has 0 aromatic carbocycles. The van der Waals surface area contributed by atoms with Crippen molar-refractivity contribution < 1.29 is 5.06 Å². The van der Waals surface area contributed by atoms with Crippen LogP contribution in [0.25, 0.3) is 5.57 Å². The minimum Gasteiger partial charge on any atom is -0.634 e. The highest BCUT2D eigenvalue weighted by molar-refractivity contribution is 5.80. The average molecular weight is 246 g/mol. The van der Waals surface area contributed by atoms with Crippen LogP contribution < -0.4 is 15.5 Å². The maximum atomic E-state index is 11.6. The molecular weight excluding hydrogens is 228 g/mol. The van der Waals surface area contributed by atoms with Gasteiger partial charge >= 0.3 is 0 Å². The Bertz CT molecular complexity index is 486. The molecule has 0 bridgehead atoms. The van der Waals surface area contributed by atoms with E-state index in [1.54, 1.807) is 0 Å². The van der Waals surface area contributed by atoms with Crippen LogP contribution in [0.3, 0.4) is 0 Å². The van der Waals surface area contributed by atoms with Gasteiger partial charge in [-0.2, -0.15) is 0 Å². The molecule has 2 aliphatic rings. The summed E-state index contributed by atoms with van der Waals surface area (Å²) < 4.78 is 0. The van der Waals surface area contributed by atoms with Gasteiger partial charge in [0.15, 0.2) is 5.82 Å². The largest absolute Gasteiger partial charge is 0.634 e. The number of rotatable bonds is 2. The van der Waals surface area contributed by atoms with Gasteiger partial charge < -0.3 is 10.3 Å². The molecule has 0 amide bonds. The van der Waals surface area contributed by atoms with E-state index in [0.29, 0.717) is 18.2 Å². The standard InChI is InChI=1S/C13H18N4O/c1-2-15-17-9-10-8-16(18)7-5-11(10)12-4-3-6-14-13(12)17/h3-4,6,15-16H,2,5,7-9H2,1H3. The number of anilines is 1. The van der Waals surface area contributed by atoms with Gasteiger partial charge in [-0.05, 0) is 17.7 Å². The van der Waals surface area contributed by atoms with E-state index in [4.69, 9.17) is 0 Å². The SMILES string of the molecule is CCNN1CC2=C(CC[NH+]([O-])C2)c2cccnc21. The molecule has 1 aromatic heterocycles. The van der Waals surface area contributed by atoms with E-state index in [9.17, 15) is 5.21 Å². The average Bonchev–Trinajstić information content (AvgIpc) is 2.39. The third-order valence-electron chi connectivity index (χ3n) is 3.56. The highest BCUT2D eigenvalue weighted by Crippen LogP contribution is 2.34.